The summed E-state index contributed by atoms with van der Waals surface area (Å²) in [6.07, 6.45) is 6.36. The number of hydrogen-bond donors (Lipinski definition) is 1. The molecule has 0 bridgehead atoms. The summed E-state index contributed by atoms with van der Waals surface area (Å²) in [5, 5.41) is 6.37. The summed E-state index contributed by atoms with van der Waals surface area (Å²) in [7, 11) is 0. The van der Waals surface area contributed by atoms with Crippen LogP contribution >= 0.6 is 11.3 Å². The molecule has 2 heterocycles. The Labute approximate surface area is 177 Å². The molecule has 29 heavy (non-hydrogen) atoms. The van der Waals surface area contributed by atoms with Gasteiger partial charge in [-0.05, 0) is 69.7 Å². The summed E-state index contributed by atoms with van der Waals surface area (Å²) >= 11 is 1.65. The molecule has 6 heteroatoms. The van der Waals surface area contributed by atoms with E-state index in [9.17, 15) is 4.79 Å². The van der Waals surface area contributed by atoms with Crippen LogP contribution in [0.25, 0.3) is 0 Å². The molecule has 2 unspecified atom stereocenters. The molecule has 2 aliphatic rings. The standard InChI is InChI=1S/C23H31N3O2S/c1-16(2)28-20-7-3-5-17(13-20)14-26-11-4-6-19(15-26)21(23-24-10-12-29-23)25-22(27)18-8-9-18/h3,5,7,10,12-13,16,18-19,21H,4,6,8-9,11,14-15H2,1-2H3,(H,25,27). The highest BCUT2D eigenvalue weighted by atomic mass is 32.1. The van der Waals surface area contributed by atoms with Crippen molar-refractivity contribution in [3.63, 3.8) is 0 Å². The average Bonchev–Trinajstić information content (AvgIpc) is 3.41. The summed E-state index contributed by atoms with van der Waals surface area (Å²) in [6, 6.07) is 8.44. The second-order valence-corrected chi connectivity index (χ2v) is 9.51. The lowest BCUT2D eigenvalue weighted by Crippen LogP contribution is -2.43. The molecule has 1 aromatic carbocycles. The maximum absolute atomic E-state index is 12.5. The van der Waals surface area contributed by atoms with Gasteiger partial charge in [0.1, 0.15) is 10.8 Å². The molecular weight excluding hydrogens is 382 g/mol. The zero-order valence-electron chi connectivity index (χ0n) is 17.3. The Morgan fingerprint density at radius 2 is 2.21 bits per heavy atom. The van der Waals surface area contributed by atoms with E-state index in [1.165, 1.54) is 5.56 Å². The van der Waals surface area contributed by atoms with Crippen LogP contribution in [0.5, 0.6) is 5.75 Å². The first-order valence-electron chi connectivity index (χ1n) is 10.8. The summed E-state index contributed by atoms with van der Waals surface area (Å²) in [4.78, 5) is 19.5. The number of benzene rings is 1. The highest BCUT2D eigenvalue weighted by molar-refractivity contribution is 7.09. The van der Waals surface area contributed by atoms with Crippen molar-refractivity contribution in [2.45, 2.75) is 58.2 Å². The van der Waals surface area contributed by atoms with Gasteiger partial charge < -0.3 is 10.1 Å². The lowest BCUT2D eigenvalue weighted by atomic mass is 9.90. The first kappa shape index (κ1) is 20.4. The molecule has 2 fully saturated rings. The third-order valence-corrected chi connectivity index (χ3v) is 6.51. The molecular formula is C23H31N3O2S. The van der Waals surface area contributed by atoms with Crippen molar-refractivity contribution in [3.05, 3.63) is 46.4 Å². The SMILES string of the molecule is CC(C)Oc1cccc(CN2CCCC(C(NC(=O)C3CC3)c3nccs3)C2)c1. The van der Waals surface area contributed by atoms with Crippen LogP contribution in [-0.4, -0.2) is 35.0 Å². The minimum atomic E-state index is 0.0292. The zero-order chi connectivity index (χ0) is 20.2. The molecule has 1 saturated heterocycles. The van der Waals surface area contributed by atoms with E-state index in [-0.39, 0.29) is 24.0 Å². The number of carbonyl (C=O) groups excluding carboxylic acids is 1. The van der Waals surface area contributed by atoms with E-state index in [1.54, 1.807) is 11.3 Å². The number of thiazole rings is 1. The fraction of sp³-hybridized carbons (Fsp3) is 0.565. The average molecular weight is 414 g/mol. The Bertz CT molecular complexity index is 804. The Morgan fingerprint density at radius 3 is 2.93 bits per heavy atom. The normalized spacial score (nSPS) is 21.1. The molecule has 2 aromatic rings. The number of piperidine rings is 1. The lowest BCUT2D eigenvalue weighted by Gasteiger charge is -2.36. The Balaban J connectivity index is 1.42. The van der Waals surface area contributed by atoms with E-state index in [0.29, 0.717) is 5.92 Å². The number of amides is 1. The highest BCUT2D eigenvalue weighted by Gasteiger charge is 2.35. The van der Waals surface area contributed by atoms with Gasteiger partial charge in [-0.2, -0.15) is 0 Å². The van der Waals surface area contributed by atoms with Gasteiger partial charge in [0.2, 0.25) is 5.91 Å². The summed E-state index contributed by atoms with van der Waals surface area (Å²) in [5.74, 6) is 1.76. The fourth-order valence-corrected chi connectivity index (χ4v) is 4.92. The van der Waals surface area contributed by atoms with Gasteiger partial charge in [0, 0.05) is 30.6 Å². The number of nitrogens with one attached hydrogen (secondary N) is 1. The van der Waals surface area contributed by atoms with Crippen molar-refractivity contribution in [1.29, 1.82) is 0 Å². The highest BCUT2D eigenvalue weighted by Crippen LogP contribution is 2.35. The molecule has 156 valence electrons. The van der Waals surface area contributed by atoms with Crippen LogP contribution in [0.4, 0.5) is 0 Å². The van der Waals surface area contributed by atoms with Gasteiger partial charge in [-0.1, -0.05) is 12.1 Å². The van der Waals surface area contributed by atoms with E-state index < -0.39 is 0 Å². The monoisotopic (exact) mass is 413 g/mol. The van der Waals surface area contributed by atoms with Crippen molar-refractivity contribution < 1.29 is 9.53 Å². The van der Waals surface area contributed by atoms with E-state index in [0.717, 1.165) is 56.1 Å². The minimum absolute atomic E-state index is 0.0292. The van der Waals surface area contributed by atoms with Crippen LogP contribution in [0.3, 0.4) is 0 Å². The molecule has 1 saturated carbocycles. The van der Waals surface area contributed by atoms with E-state index in [2.05, 4.69) is 47.2 Å². The number of aromatic nitrogens is 1. The molecule has 1 aliphatic heterocycles. The van der Waals surface area contributed by atoms with Crippen LogP contribution in [0.1, 0.15) is 56.1 Å². The third-order valence-electron chi connectivity index (χ3n) is 5.65. The van der Waals surface area contributed by atoms with Crippen molar-refractivity contribution >= 4 is 17.2 Å². The van der Waals surface area contributed by atoms with Gasteiger partial charge in [-0.25, -0.2) is 4.98 Å². The topological polar surface area (TPSA) is 54.5 Å². The van der Waals surface area contributed by atoms with E-state index in [1.807, 2.05) is 17.6 Å². The van der Waals surface area contributed by atoms with Gasteiger partial charge in [0.15, 0.2) is 0 Å². The first-order chi connectivity index (χ1) is 14.1. The molecule has 0 spiro atoms. The van der Waals surface area contributed by atoms with Gasteiger partial charge >= 0.3 is 0 Å². The molecule has 2 atom stereocenters. The van der Waals surface area contributed by atoms with Gasteiger partial charge in [0.05, 0.1) is 12.1 Å². The summed E-state index contributed by atoms with van der Waals surface area (Å²) in [6.45, 7) is 7.08. The molecule has 4 rings (SSSR count). The van der Waals surface area contributed by atoms with Crippen molar-refractivity contribution in [3.8, 4) is 5.75 Å². The number of hydrogen-bond acceptors (Lipinski definition) is 5. The minimum Gasteiger partial charge on any atom is -0.491 e. The molecule has 0 radical (unpaired) electrons. The molecule has 1 N–H and O–H groups in total. The number of carbonyl (C=O) groups is 1. The van der Waals surface area contributed by atoms with Crippen LogP contribution in [0, 0.1) is 11.8 Å². The number of nitrogens with zero attached hydrogens (tertiary/aromatic N) is 2. The Morgan fingerprint density at radius 1 is 1.34 bits per heavy atom. The van der Waals surface area contributed by atoms with E-state index in [4.69, 9.17) is 4.74 Å². The maximum atomic E-state index is 12.5. The van der Waals surface area contributed by atoms with Gasteiger partial charge in [-0.3, -0.25) is 9.69 Å². The predicted octanol–water partition coefficient (Wildman–Crippen LogP) is 4.41. The number of ether oxygens (including phenoxy) is 1. The quantitative estimate of drug-likeness (QED) is 0.696. The van der Waals surface area contributed by atoms with Gasteiger partial charge in [0.25, 0.3) is 0 Å². The molecule has 5 nitrogen and oxygen atoms in total. The predicted molar refractivity (Wildman–Crippen MR) is 116 cm³/mol. The zero-order valence-corrected chi connectivity index (χ0v) is 18.2. The largest absolute Gasteiger partial charge is 0.491 e. The fourth-order valence-electron chi connectivity index (χ4n) is 4.14. The maximum Gasteiger partial charge on any atom is 0.223 e. The van der Waals surface area contributed by atoms with Crippen LogP contribution < -0.4 is 10.1 Å². The smallest absolute Gasteiger partial charge is 0.223 e. The van der Waals surface area contributed by atoms with Crippen LogP contribution in [-0.2, 0) is 11.3 Å². The van der Waals surface area contributed by atoms with Crippen LogP contribution in [0.15, 0.2) is 35.8 Å². The van der Waals surface area contributed by atoms with Crippen molar-refractivity contribution in [1.82, 2.24) is 15.2 Å². The van der Waals surface area contributed by atoms with Crippen molar-refractivity contribution in [2.75, 3.05) is 13.1 Å². The van der Waals surface area contributed by atoms with Crippen LogP contribution in [0.2, 0.25) is 0 Å². The number of likely N-dealkylation sites (tertiary alicyclic amines) is 1. The van der Waals surface area contributed by atoms with Gasteiger partial charge in [-0.15, -0.1) is 11.3 Å². The van der Waals surface area contributed by atoms with Crippen molar-refractivity contribution in [2.24, 2.45) is 11.8 Å². The molecule has 1 aliphatic carbocycles. The molecule has 1 aromatic heterocycles. The number of rotatable bonds is 8. The first-order valence-corrected chi connectivity index (χ1v) is 11.6. The second-order valence-electron chi connectivity index (χ2n) is 8.58. The Hall–Kier alpha value is -1.92. The second kappa shape index (κ2) is 9.26. The molecule has 1 amide bonds. The Kier molecular flexibility index (Phi) is 6.50. The van der Waals surface area contributed by atoms with E-state index >= 15 is 0 Å². The third kappa shape index (κ3) is 5.58. The summed E-state index contributed by atoms with van der Waals surface area (Å²) < 4.78 is 5.85. The lowest BCUT2D eigenvalue weighted by molar-refractivity contribution is -0.123. The summed E-state index contributed by atoms with van der Waals surface area (Å²) in [5.41, 5.74) is 1.27.